The lowest BCUT2D eigenvalue weighted by Crippen LogP contribution is -2.44. The first kappa shape index (κ1) is 11.6. The summed E-state index contributed by atoms with van der Waals surface area (Å²) in [5.41, 5.74) is 1.30. The average molecular weight is 238 g/mol. The van der Waals surface area contributed by atoms with E-state index in [9.17, 15) is 4.79 Å². The van der Waals surface area contributed by atoms with Crippen LogP contribution in [0.5, 0.6) is 0 Å². The molecule has 0 saturated carbocycles. The largest absolute Gasteiger partial charge is 0.352 e. The van der Waals surface area contributed by atoms with E-state index in [1.165, 1.54) is 5.56 Å². The van der Waals surface area contributed by atoms with Crippen LogP contribution in [0.15, 0.2) is 16.8 Å². The topological polar surface area (TPSA) is 41.1 Å². The first-order valence-corrected chi connectivity index (χ1v) is 6.75. The summed E-state index contributed by atoms with van der Waals surface area (Å²) in [5, 5.41) is 10.5. The van der Waals surface area contributed by atoms with Gasteiger partial charge in [0.15, 0.2) is 0 Å². The molecule has 2 N–H and O–H groups in total. The molecular formula is C12H18N2OS. The third-order valence-corrected chi connectivity index (χ3v) is 3.62. The Morgan fingerprint density at radius 3 is 3.25 bits per heavy atom. The molecule has 0 radical (unpaired) electrons. The Kier molecular flexibility index (Phi) is 3.96. The van der Waals surface area contributed by atoms with E-state index in [0.29, 0.717) is 0 Å². The lowest BCUT2D eigenvalue weighted by Gasteiger charge is -2.16. The van der Waals surface area contributed by atoms with Gasteiger partial charge in [-0.15, -0.1) is 0 Å². The zero-order chi connectivity index (χ0) is 11.4. The molecular weight excluding hydrogens is 220 g/mol. The highest BCUT2D eigenvalue weighted by atomic mass is 32.1. The predicted molar refractivity (Wildman–Crippen MR) is 66.7 cm³/mol. The molecule has 3 nitrogen and oxygen atoms in total. The van der Waals surface area contributed by atoms with Crippen LogP contribution in [0.2, 0.25) is 0 Å². The highest BCUT2D eigenvalue weighted by Gasteiger charge is 2.22. The fourth-order valence-electron chi connectivity index (χ4n) is 2.07. The molecule has 0 spiro atoms. The second-order valence-electron chi connectivity index (χ2n) is 4.39. The van der Waals surface area contributed by atoms with Crippen LogP contribution in [0.3, 0.4) is 0 Å². The molecule has 1 saturated heterocycles. The number of carbonyl (C=O) groups excluding carboxylic acids is 1. The Morgan fingerprint density at radius 1 is 1.75 bits per heavy atom. The van der Waals surface area contributed by atoms with Crippen molar-refractivity contribution in [1.82, 2.24) is 10.6 Å². The summed E-state index contributed by atoms with van der Waals surface area (Å²) in [6.07, 6.45) is 3.00. The van der Waals surface area contributed by atoms with Crippen molar-refractivity contribution in [3.8, 4) is 0 Å². The molecule has 1 aromatic rings. The monoisotopic (exact) mass is 238 g/mol. The second-order valence-corrected chi connectivity index (χ2v) is 5.17. The van der Waals surface area contributed by atoms with Gasteiger partial charge in [-0.25, -0.2) is 0 Å². The van der Waals surface area contributed by atoms with Crippen LogP contribution in [0.25, 0.3) is 0 Å². The van der Waals surface area contributed by atoms with Crippen LogP contribution >= 0.6 is 11.3 Å². The van der Waals surface area contributed by atoms with Crippen molar-refractivity contribution in [2.75, 3.05) is 6.54 Å². The summed E-state index contributed by atoms with van der Waals surface area (Å²) in [6.45, 7) is 3.03. The molecule has 2 rings (SSSR count). The molecule has 1 aliphatic heterocycles. The summed E-state index contributed by atoms with van der Waals surface area (Å²) < 4.78 is 0. The Hall–Kier alpha value is -0.870. The minimum Gasteiger partial charge on any atom is -0.352 e. The average Bonchev–Trinajstić information content (AvgIpc) is 2.88. The fraction of sp³-hybridized carbons (Fsp3) is 0.583. The van der Waals surface area contributed by atoms with Gasteiger partial charge in [0, 0.05) is 6.04 Å². The number of hydrogen-bond donors (Lipinski definition) is 2. The van der Waals surface area contributed by atoms with Crippen molar-refractivity contribution in [2.45, 2.75) is 38.3 Å². The highest BCUT2D eigenvalue weighted by molar-refractivity contribution is 7.07. The molecule has 0 bridgehead atoms. The maximum Gasteiger partial charge on any atom is 0.237 e. The summed E-state index contributed by atoms with van der Waals surface area (Å²) in [6, 6.07) is 2.36. The van der Waals surface area contributed by atoms with Gasteiger partial charge >= 0.3 is 0 Å². The fourth-order valence-corrected chi connectivity index (χ4v) is 2.75. The van der Waals surface area contributed by atoms with E-state index in [-0.39, 0.29) is 18.0 Å². The third-order valence-electron chi connectivity index (χ3n) is 2.89. The molecule has 4 heteroatoms. The number of amides is 1. The van der Waals surface area contributed by atoms with Crippen molar-refractivity contribution >= 4 is 17.2 Å². The molecule has 2 heterocycles. The van der Waals surface area contributed by atoms with E-state index in [4.69, 9.17) is 0 Å². The maximum absolute atomic E-state index is 11.8. The minimum absolute atomic E-state index is 0.0323. The van der Waals surface area contributed by atoms with Gasteiger partial charge in [0.2, 0.25) is 5.91 Å². The smallest absolute Gasteiger partial charge is 0.237 e. The van der Waals surface area contributed by atoms with Gasteiger partial charge in [-0.2, -0.15) is 11.3 Å². The van der Waals surface area contributed by atoms with Crippen LogP contribution in [-0.4, -0.2) is 24.5 Å². The van der Waals surface area contributed by atoms with E-state index >= 15 is 0 Å². The van der Waals surface area contributed by atoms with Gasteiger partial charge in [0.1, 0.15) is 0 Å². The van der Waals surface area contributed by atoms with E-state index in [2.05, 4.69) is 34.4 Å². The molecule has 16 heavy (non-hydrogen) atoms. The van der Waals surface area contributed by atoms with Crippen molar-refractivity contribution in [2.24, 2.45) is 0 Å². The molecule has 2 atom stereocenters. The number of nitrogens with one attached hydrogen (secondary N) is 2. The van der Waals surface area contributed by atoms with Gasteiger partial charge in [0.05, 0.1) is 6.04 Å². The summed E-state index contributed by atoms with van der Waals surface area (Å²) in [5.74, 6) is 0.153. The lowest BCUT2D eigenvalue weighted by atomic mass is 10.1. The summed E-state index contributed by atoms with van der Waals surface area (Å²) in [7, 11) is 0. The second kappa shape index (κ2) is 5.46. The van der Waals surface area contributed by atoms with Crippen LogP contribution in [0.4, 0.5) is 0 Å². The minimum atomic E-state index is 0.0323. The molecule has 1 amide bonds. The van der Waals surface area contributed by atoms with Crippen LogP contribution < -0.4 is 10.6 Å². The van der Waals surface area contributed by atoms with Crippen LogP contribution in [0.1, 0.15) is 25.3 Å². The zero-order valence-corrected chi connectivity index (χ0v) is 10.3. The molecule has 1 aliphatic rings. The zero-order valence-electron chi connectivity index (χ0n) is 9.53. The Bertz CT molecular complexity index is 331. The van der Waals surface area contributed by atoms with Gasteiger partial charge in [-0.1, -0.05) is 0 Å². The number of thiophene rings is 1. The molecule has 1 unspecified atom stereocenters. The number of carbonyl (C=O) groups is 1. The molecule has 0 aromatic carbocycles. The Labute approximate surface area is 100 Å². The SMILES string of the molecule is CC(Cc1ccsc1)NC(=O)[C@@H]1CCCN1. The normalized spacial score (nSPS) is 21.9. The Balaban J connectivity index is 1.78. The number of hydrogen-bond acceptors (Lipinski definition) is 3. The van der Waals surface area contributed by atoms with Crippen LogP contribution in [0, 0.1) is 0 Å². The van der Waals surface area contributed by atoms with Crippen molar-refractivity contribution in [3.05, 3.63) is 22.4 Å². The van der Waals surface area contributed by atoms with E-state index in [1.807, 2.05) is 0 Å². The number of rotatable bonds is 4. The van der Waals surface area contributed by atoms with E-state index < -0.39 is 0 Å². The molecule has 0 aliphatic carbocycles. The molecule has 1 aromatic heterocycles. The van der Waals surface area contributed by atoms with E-state index in [0.717, 1.165) is 25.8 Å². The standard InChI is InChI=1S/C12H18N2OS/c1-9(7-10-4-6-16-8-10)14-12(15)11-3-2-5-13-11/h4,6,8-9,11,13H,2-3,5,7H2,1H3,(H,14,15)/t9?,11-/m0/s1. The Morgan fingerprint density at radius 2 is 2.62 bits per heavy atom. The van der Waals surface area contributed by atoms with Gasteiger partial charge in [-0.05, 0) is 55.1 Å². The summed E-state index contributed by atoms with van der Waals surface area (Å²) in [4.78, 5) is 11.8. The molecule has 1 fully saturated rings. The van der Waals surface area contributed by atoms with Crippen molar-refractivity contribution in [3.63, 3.8) is 0 Å². The highest BCUT2D eigenvalue weighted by Crippen LogP contribution is 2.09. The quantitative estimate of drug-likeness (QED) is 0.835. The van der Waals surface area contributed by atoms with Gasteiger partial charge in [-0.3, -0.25) is 4.79 Å². The third kappa shape index (κ3) is 3.06. The van der Waals surface area contributed by atoms with Crippen LogP contribution in [-0.2, 0) is 11.2 Å². The predicted octanol–water partition coefficient (Wildman–Crippen LogP) is 1.55. The van der Waals surface area contributed by atoms with Crippen molar-refractivity contribution in [1.29, 1.82) is 0 Å². The van der Waals surface area contributed by atoms with Crippen molar-refractivity contribution < 1.29 is 4.79 Å². The first-order chi connectivity index (χ1) is 7.75. The molecule has 88 valence electrons. The summed E-state index contributed by atoms with van der Waals surface area (Å²) >= 11 is 1.70. The maximum atomic E-state index is 11.8. The van der Waals surface area contributed by atoms with Gasteiger partial charge < -0.3 is 10.6 Å². The van der Waals surface area contributed by atoms with E-state index in [1.54, 1.807) is 11.3 Å². The van der Waals surface area contributed by atoms with Gasteiger partial charge in [0.25, 0.3) is 0 Å². The first-order valence-electron chi connectivity index (χ1n) is 5.80. The lowest BCUT2D eigenvalue weighted by molar-refractivity contribution is -0.123.